The Balaban J connectivity index is 2.30. The van der Waals surface area contributed by atoms with Crippen molar-refractivity contribution < 1.29 is 117 Å². The molecule has 2 aliphatic rings. The Morgan fingerprint density at radius 2 is 0.843 bits per heavy atom. The van der Waals surface area contributed by atoms with E-state index in [0.717, 1.165) is 16.7 Å². The Bertz CT molecular complexity index is 3150. The van der Waals surface area contributed by atoms with Gasteiger partial charge in [0.15, 0.2) is 0 Å². The smallest absolute Gasteiger partial charge is 0.303 e. The molecule has 108 heavy (non-hydrogen) atoms. The van der Waals surface area contributed by atoms with Gasteiger partial charge in [0.1, 0.15) is 84.6 Å². The van der Waals surface area contributed by atoms with Gasteiger partial charge in [0, 0.05) is 38.1 Å². The second kappa shape index (κ2) is 48.0. The number of thiol groups is 1. The third-order valence-electron chi connectivity index (χ3n) is 17.1. The maximum atomic E-state index is 14.4. The van der Waals surface area contributed by atoms with Crippen molar-refractivity contribution in [2.24, 2.45) is 40.5 Å². The van der Waals surface area contributed by atoms with Gasteiger partial charge in [-0.1, -0.05) is 27.7 Å². The number of nitrogens with zero attached hydrogens (tertiary/aromatic N) is 2. The zero-order valence-corrected chi connectivity index (χ0v) is 61.9. The molecule has 0 saturated carbocycles. The van der Waals surface area contributed by atoms with Gasteiger partial charge in [-0.25, -0.2) is 0 Å². The molecule has 610 valence electrons. The number of hydrogen-bond donors (Lipinski definition) is 24. The van der Waals surface area contributed by atoms with Crippen LogP contribution >= 0.6 is 12.6 Å². The van der Waals surface area contributed by atoms with Crippen LogP contribution in [0, 0.1) is 11.8 Å². The van der Waals surface area contributed by atoms with Crippen molar-refractivity contribution in [1.29, 1.82) is 0 Å². The SMILES string of the molecule is CC(C)C[C@H](NC(=O)CNC(=O)[C@@H](CO)NC(=O)[C@H](NC(=O)[C@@H](CCC(N)=O)NC(=O)[C@@H]1CCCN1C(=O)[C@@H](CC(C)C)NC(=O)[C@@H](CO)NC(=O)[C@@H](CS)NC(=O)[C@H](N)CO)[C@@H](C)O)C(=O)N[C@@H](CCC(N)=O)C(=O)N[C@@H](CCCCN)C(=O)N1CCC[C@H]1C(=O)N[C@@H](CCC(=O)O)C(=O)N[C@@H](CO)C(N)=O. The lowest BCUT2D eigenvalue weighted by atomic mass is 10.0. The zero-order valence-electron chi connectivity index (χ0n) is 61.0. The van der Waals surface area contributed by atoms with Gasteiger partial charge in [-0.15, -0.1) is 0 Å². The molecule has 0 aromatic rings. The second-order valence-corrected chi connectivity index (χ2v) is 27.3. The molecule has 0 spiro atoms. The summed E-state index contributed by atoms with van der Waals surface area (Å²) in [5.74, 6) is -19.6. The number of aliphatic carboxylic acids is 1. The fourth-order valence-corrected chi connectivity index (χ4v) is 11.6. The number of rotatable bonds is 50. The number of aliphatic hydroxyl groups is 5. The van der Waals surface area contributed by atoms with E-state index in [1.807, 2.05) is 0 Å². The summed E-state index contributed by atoms with van der Waals surface area (Å²) < 4.78 is 0. The van der Waals surface area contributed by atoms with Crippen molar-refractivity contribution in [3.8, 4) is 0 Å². The third kappa shape index (κ3) is 32.2. The predicted octanol–water partition coefficient (Wildman–Crippen LogP) is -11.9. The molecule has 2 saturated heterocycles. The van der Waals surface area contributed by atoms with E-state index < -0.39 is 269 Å². The first-order valence-corrected chi connectivity index (χ1v) is 35.9. The Labute approximate surface area is 627 Å². The zero-order chi connectivity index (χ0) is 81.8. The van der Waals surface area contributed by atoms with Crippen LogP contribution in [-0.2, 0) is 86.3 Å². The molecule has 28 N–H and O–H groups in total. The van der Waals surface area contributed by atoms with Gasteiger partial charge in [0.25, 0.3) is 0 Å². The Hall–Kier alpha value is -9.47. The van der Waals surface area contributed by atoms with Gasteiger partial charge in [0.2, 0.25) is 100 Å². The van der Waals surface area contributed by atoms with Crippen LogP contribution in [-0.4, -0.2) is 296 Å². The van der Waals surface area contributed by atoms with Crippen molar-refractivity contribution in [3.05, 3.63) is 0 Å². The summed E-state index contributed by atoms with van der Waals surface area (Å²) in [4.78, 5) is 242. The van der Waals surface area contributed by atoms with Gasteiger partial charge >= 0.3 is 5.97 Å². The molecule has 0 radical (unpaired) electrons. The number of carboxylic acid groups (broad SMARTS) is 1. The summed E-state index contributed by atoms with van der Waals surface area (Å²) in [6.07, 6.45) is -4.11. The largest absolute Gasteiger partial charge is 0.481 e. The van der Waals surface area contributed by atoms with Gasteiger partial charge in [-0.05, 0) is 102 Å². The number of hydrogen-bond acceptors (Lipinski definition) is 26. The molecular weight excluding hydrogens is 1450 g/mol. The van der Waals surface area contributed by atoms with E-state index >= 15 is 0 Å². The molecule has 0 aromatic heterocycles. The number of carbonyl (C=O) groups is 18. The minimum absolute atomic E-state index is 0.00285. The summed E-state index contributed by atoms with van der Waals surface area (Å²) in [6.45, 7) is 3.05. The van der Waals surface area contributed by atoms with E-state index in [1.165, 1.54) is 0 Å². The number of likely N-dealkylation sites (tertiary alicyclic amines) is 2. The third-order valence-corrected chi connectivity index (χ3v) is 17.5. The maximum Gasteiger partial charge on any atom is 0.303 e. The molecule has 0 bridgehead atoms. The summed E-state index contributed by atoms with van der Waals surface area (Å²) in [6, 6.07) is -21.8. The molecule has 0 aliphatic carbocycles. The standard InChI is InChI=1S/C64H109N19O24S/c1-30(2)22-38(57(100)72-34(13-16-46(67)89)54(97)75-37(10-6-7-19-65)63(106)82-20-8-11-44(82)60(103)74-36(15-18-49(92)93)55(98)77-40(26-85)51(69)94)71-48(91)24-70-53(96)41(27-86)79-62(105)50(32(5)88)81-56(99)35(14-17-47(68)90)73-61(104)45-12-9-21-83(45)64(107)39(23-31(3)4)76-58(101)42(28-87)78-59(102)43(29-108)80-52(95)33(66)25-84/h30-45,50,84-88,108H,6-29,65-66H2,1-5H3,(H2,67,89)(H2,68,90)(H2,69,94)(H,70,96)(H,71,91)(H,72,100)(H,73,104)(H,74,103)(H,75,97)(H,76,101)(H,77,98)(H,78,102)(H,79,105)(H,80,95)(H,81,99)(H,92,93)/t32-,33-,34+,35-,36+,37+,38+,39-,40+,41-,42-,43-,44+,45+,50-/m1/s1. The van der Waals surface area contributed by atoms with E-state index in [9.17, 15) is 117 Å². The number of carbonyl (C=O) groups excluding carboxylic acids is 17. The topological polar surface area (TPSA) is 710 Å². The highest BCUT2D eigenvalue weighted by Gasteiger charge is 2.43. The van der Waals surface area contributed by atoms with E-state index in [2.05, 4.69) is 76.4 Å². The predicted molar refractivity (Wildman–Crippen MR) is 380 cm³/mol. The Morgan fingerprint density at radius 3 is 1.30 bits per heavy atom. The molecule has 44 heteroatoms. The first kappa shape index (κ1) is 94.6. The fraction of sp³-hybridized carbons (Fsp3) is 0.719. The number of nitrogens with one attached hydrogen (secondary N) is 12. The highest BCUT2D eigenvalue weighted by Crippen LogP contribution is 2.23. The van der Waals surface area contributed by atoms with Crippen molar-refractivity contribution in [2.75, 3.05) is 58.4 Å². The van der Waals surface area contributed by atoms with Crippen molar-refractivity contribution in [3.63, 3.8) is 0 Å². The van der Waals surface area contributed by atoms with Crippen molar-refractivity contribution >= 4 is 119 Å². The van der Waals surface area contributed by atoms with Gasteiger partial charge < -0.3 is 133 Å². The van der Waals surface area contributed by atoms with Gasteiger partial charge in [0.05, 0.1) is 39.1 Å². The quantitative estimate of drug-likeness (QED) is 0.0199. The molecule has 0 aromatic carbocycles. The van der Waals surface area contributed by atoms with Crippen LogP contribution in [0.25, 0.3) is 0 Å². The molecule has 2 rings (SSSR count). The molecule has 15 atom stereocenters. The number of aliphatic hydroxyl groups excluding tert-OH is 5. The van der Waals surface area contributed by atoms with Crippen LogP contribution in [0.3, 0.4) is 0 Å². The fourth-order valence-electron chi connectivity index (χ4n) is 11.3. The highest BCUT2D eigenvalue weighted by atomic mass is 32.1. The van der Waals surface area contributed by atoms with E-state index in [4.69, 9.17) is 28.7 Å². The molecule has 2 heterocycles. The van der Waals surface area contributed by atoms with Crippen molar-refractivity contribution in [1.82, 2.24) is 73.6 Å². The summed E-state index contributed by atoms with van der Waals surface area (Å²) in [5, 5.41) is 87.3. The minimum atomic E-state index is -1.98. The number of amides is 17. The lowest BCUT2D eigenvalue weighted by molar-refractivity contribution is -0.143. The molecular formula is C64H109N19O24S. The van der Waals surface area contributed by atoms with E-state index in [-0.39, 0.29) is 88.6 Å². The van der Waals surface area contributed by atoms with E-state index in [0.29, 0.717) is 6.42 Å². The maximum absolute atomic E-state index is 14.4. The second-order valence-electron chi connectivity index (χ2n) is 26.9. The number of carboxylic acids is 1. The normalized spacial score (nSPS) is 17.7. The van der Waals surface area contributed by atoms with Crippen molar-refractivity contribution in [2.45, 2.75) is 222 Å². The number of primary amides is 3. The molecule has 2 aliphatic heterocycles. The number of nitrogens with two attached hydrogens (primary N) is 5. The summed E-state index contributed by atoms with van der Waals surface area (Å²) in [5.41, 5.74) is 27.3. The molecule has 17 amide bonds. The molecule has 0 unspecified atom stereocenters. The average Bonchev–Trinajstić information content (AvgIpc) is 1.62. The summed E-state index contributed by atoms with van der Waals surface area (Å²) in [7, 11) is 0. The number of unbranched alkanes of at least 4 members (excludes halogenated alkanes) is 1. The van der Waals surface area contributed by atoms with Crippen LogP contribution in [0.4, 0.5) is 0 Å². The van der Waals surface area contributed by atoms with E-state index in [1.54, 1.807) is 27.7 Å². The summed E-state index contributed by atoms with van der Waals surface area (Å²) >= 11 is 4.04. The van der Waals surface area contributed by atoms with Gasteiger partial charge in [-0.3, -0.25) is 86.3 Å². The molecule has 43 nitrogen and oxygen atoms in total. The van der Waals surface area contributed by atoms with Crippen LogP contribution < -0.4 is 92.5 Å². The molecule has 2 fully saturated rings. The van der Waals surface area contributed by atoms with Crippen LogP contribution in [0.15, 0.2) is 0 Å². The Kier molecular flexibility index (Phi) is 42.1. The lowest BCUT2D eigenvalue weighted by Crippen LogP contribution is -2.62. The monoisotopic (exact) mass is 1560 g/mol. The van der Waals surface area contributed by atoms with Crippen LogP contribution in [0.2, 0.25) is 0 Å². The first-order valence-electron chi connectivity index (χ1n) is 35.3. The van der Waals surface area contributed by atoms with Crippen LogP contribution in [0.1, 0.15) is 131 Å². The van der Waals surface area contributed by atoms with Crippen LogP contribution in [0.5, 0.6) is 0 Å². The van der Waals surface area contributed by atoms with Gasteiger partial charge in [-0.2, -0.15) is 12.6 Å². The Morgan fingerprint density at radius 1 is 0.444 bits per heavy atom. The average molecular weight is 1560 g/mol. The highest BCUT2D eigenvalue weighted by molar-refractivity contribution is 7.80. The minimum Gasteiger partial charge on any atom is -0.481 e. The first-order chi connectivity index (χ1) is 50.8. The lowest BCUT2D eigenvalue weighted by Gasteiger charge is -2.31.